The van der Waals surface area contributed by atoms with Crippen molar-refractivity contribution in [1.29, 1.82) is 0 Å². The van der Waals surface area contributed by atoms with Crippen LogP contribution in [0.2, 0.25) is 0 Å². The first kappa shape index (κ1) is 24.4. The van der Waals surface area contributed by atoms with Gasteiger partial charge in [0.05, 0.1) is 16.2 Å². The normalized spacial score (nSPS) is 23.5. The van der Waals surface area contributed by atoms with Crippen molar-refractivity contribution in [2.75, 3.05) is 19.3 Å². The number of fused-ring (bicyclic) bond motifs is 1. The van der Waals surface area contributed by atoms with Crippen molar-refractivity contribution >= 4 is 15.7 Å². The Hall–Kier alpha value is -2.77. The van der Waals surface area contributed by atoms with Crippen LogP contribution < -0.4 is 4.74 Å². The molecule has 0 spiro atoms. The summed E-state index contributed by atoms with van der Waals surface area (Å²) >= 11 is 0. The maximum Gasteiger partial charge on any atom is 0.452 e. The molecule has 1 aromatic carbocycles. The van der Waals surface area contributed by atoms with Gasteiger partial charge >= 0.3 is 12.4 Å². The number of amides is 1. The van der Waals surface area contributed by atoms with Crippen LogP contribution in [0.25, 0.3) is 0 Å². The van der Waals surface area contributed by atoms with Crippen LogP contribution in [-0.2, 0) is 21.4 Å². The van der Waals surface area contributed by atoms with Gasteiger partial charge in [-0.15, -0.1) is 0 Å². The number of hydrogen-bond donors (Lipinski definition) is 0. The Morgan fingerprint density at radius 3 is 2.47 bits per heavy atom. The minimum atomic E-state index is -4.74. The number of benzene rings is 1. The van der Waals surface area contributed by atoms with E-state index in [-0.39, 0.29) is 29.6 Å². The minimum absolute atomic E-state index is 0.0344. The van der Waals surface area contributed by atoms with Gasteiger partial charge in [-0.25, -0.2) is 8.42 Å². The molecule has 0 radical (unpaired) electrons. The van der Waals surface area contributed by atoms with Gasteiger partial charge < -0.3 is 14.2 Å². The Morgan fingerprint density at radius 1 is 1.24 bits per heavy atom. The summed E-state index contributed by atoms with van der Waals surface area (Å²) < 4.78 is 111. The van der Waals surface area contributed by atoms with Crippen LogP contribution >= 0.6 is 0 Å². The maximum absolute atomic E-state index is 13.2. The Morgan fingerprint density at radius 2 is 1.91 bits per heavy atom. The summed E-state index contributed by atoms with van der Waals surface area (Å²) in [5, 5.41) is 3.51. The number of piperidine rings is 1. The standard InChI is InChI=1S/C20H18F6N2O5S/c1-10(19(21,22)23)32-14-4-3-12(34(2,30)31)5-13(14)17(29)28-8-11-7-18(11,9-28)15-6-16(33-27-15)20(24,25)26/h3-6,10-11H,7-9H2,1-2H3. The highest BCUT2D eigenvalue weighted by Gasteiger charge is 2.64. The van der Waals surface area contributed by atoms with Gasteiger partial charge in [0.25, 0.3) is 5.91 Å². The van der Waals surface area contributed by atoms with Gasteiger partial charge in [0.1, 0.15) is 5.75 Å². The summed E-state index contributed by atoms with van der Waals surface area (Å²) in [5.74, 6) is -2.76. The predicted molar refractivity (Wildman–Crippen MR) is 103 cm³/mol. The molecule has 2 fully saturated rings. The van der Waals surface area contributed by atoms with Crippen molar-refractivity contribution in [2.24, 2.45) is 5.92 Å². The highest BCUT2D eigenvalue weighted by Crippen LogP contribution is 2.59. The average Bonchev–Trinajstić information content (AvgIpc) is 3.07. The fourth-order valence-corrected chi connectivity index (χ4v) is 4.76. The van der Waals surface area contributed by atoms with E-state index in [0.717, 1.165) is 37.4 Å². The van der Waals surface area contributed by atoms with E-state index in [1.54, 1.807) is 0 Å². The average molecular weight is 512 g/mol. The van der Waals surface area contributed by atoms with Crippen molar-refractivity contribution in [2.45, 2.75) is 42.1 Å². The van der Waals surface area contributed by atoms with Gasteiger partial charge in [0.2, 0.25) is 5.76 Å². The van der Waals surface area contributed by atoms with Gasteiger partial charge in [-0.05, 0) is 37.5 Å². The molecule has 7 nitrogen and oxygen atoms in total. The van der Waals surface area contributed by atoms with Gasteiger partial charge in [0.15, 0.2) is 15.9 Å². The molecule has 186 valence electrons. The lowest BCUT2D eigenvalue weighted by Crippen LogP contribution is -2.35. The first-order valence-corrected chi connectivity index (χ1v) is 11.8. The van der Waals surface area contributed by atoms with E-state index in [1.807, 2.05) is 0 Å². The monoisotopic (exact) mass is 512 g/mol. The van der Waals surface area contributed by atoms with Crippen molar-refractivity contribution in [3.63, 3.8) is 0 Å². The molecular weight excluding hydrogens is 494 g/mol. The molecule has 1 aliphatic carbocycles. The smallest absolute Gasteiger partial charge is 0.452 e. The second-order valence-corrected chi connectivity index (χ2v) is 10.6. The third kappa shape index (κ3) is 4.34. The molecule has 1 aromatic heterocycles. The second kappa shape index (κ2) is 7.62. The molecule has 1 saturated heterocycles. The number of aromatic nitrogens is 1. The van der Waals surface area contributed by atoms with Crippen molar-refractivity contribution in [3.05, 3.63) is 41.3 Å². The van der Waals surface area contributed by atoms with Crippen LogP contribution in [0.5, 0.6) is 5.75 Å². The third-order valence-electron chi connectivity index (χ3n) is 6.11. The predicted octanol–water partition coefficient (Wildman–Crippen LogP) is 3.84. The number of carbonyl (C=O) groups excluding carboxylic acids is 1. The largest absolute Gasteiger partial charge is 0.480 e. The molecule has 2 aliphatic rings. The summed E-state index contributed by atoms with van der Waals surface area (Å²) in [7, 11) is -3.80. The summed E-state index contributed by atoms with van der Waals surface area (Å²) in [5.41, 5.74) is -1.23. The number of hydrogen-bond acceptors (Lipinski definition) is 6. The van der Waals surface area contributed by atoms with E-state index in [1.165, 1.54) is 4.90 Å². The van der Waals surface area contributed by atoms with E-state index in [9.17, 15) is 39.6 Å². The number of carbonyl (C=O) groups is 1. The van der Waals surface area contributed by atoms with E-state index < -0.39 is 56.7 Å². The highest BCUT2D eigenvalue weighted by atomic mass is 32.2. The zero-order valence-corrected chi connectivity index (χ0v) is 18.5. The molecule has 2 aromatic rings. The van der Waals surface area contributed by atoms with Crippen LogP contribution in [0.15, 0.2) is 33.7 Å². The molecule has 1 saturated carbocycles. The van der Waals surface area contributed by atoms with Crippen LogP contribution in [0.1, 0.15) is 35.2 Å². The van der Waals surface area contributed by atoms with Crippen molar-refractivity contribution in [1.82, 2.24) is 10.1 Å². The van der Waals surface area contributed by atoms with Gasteiger partial charge in [-0.2, -0.15) is 26.3 Å². The molecule has 3 atom stereocenters. The molecule has 2 heterocycles. The zero-order valence-electron chi connectivity index (χ0n) is 17.7. The molecular formula is C20H18F6N2O5S. The van der Waals surface area contributed by atoms with Crippen LogP contribution in [0.4, 0.5) is 26.3 Å². The number of rotatable bonds is 5. The van der Waals surface area contributed by atoms with Gasteiger partial charge in [0, 0.05) is 30.8 Å². The number of halogens is 6. The van der Waals surface area contributed by atoms with E-state index in [2.05, 4.69) is 9.68 Å². The van der Waals surface area contributed by atoms with E-state index in [0.29, 0.717) is 6.42 Å². The summed E-state index contributed by atoms with van der Waals surface area (Å²) in [6.45, 7) is 0.781. The summed E-state index contributed by atoms with van der Waals surface area (Å²) in [4.78, 5) is 14.2. The number of likely N-dealkylation sites (tertiary alicyclic amines) is 1. The van der Waals surface area contributed by atoms with Gasteiger partial charge in [-0.1, -0.05) is 5.16 Å². The number of alkyl halides is 6. The molecule has 0 N–H and O–H groups in total. The van der Waals surface area contributed by atoms with E-state index >= 15 is 0 Å². The third-order valence-corrected chi connectivity index (χ3v) is 7.22. The molecule has 1 amide bonds. The Balaban J connectivity index is 1.63. The van der Waals surface area contributed by atoms with Gasteiger partial charge in [-0.3, -0.25) is 4.79 Å². The SMILES string of the molecule is CC(Oc1ccc(S(C)(=O)=O)cc1C(=O)N1CC2CC2(c2cc(C(F)(F)F)on2)C1)C(F)(F)F. The Kier molecular flexibility index (Phi) is 5.46. The molecule has 34 heavy (non-hydrogen) atoms. The molecule has 1 aliphatic heterocycles. The molecule has 14 heteroatoms. The van der Waals surface area contributed by atoms with Crippen LogP contribution in [0.3, 0.4) is 0 Å². The van der Waals surface area contributed by atoms with Crippen LogP contribution in [0, 0.1) is 5.92 Å². The summed E-state index contributed by atoms with van der Waals surface area (Å²) in [6, 6.07) is 3.72. The Labute approximate surface area is 189 Å². The van der Waals surface area contributed by atoms with E-state index in [4.69, 9.17) is 4.74 Å². The topological polar surface area (TPSA) is 89.7 Å². The number of nitrogens with zero attached hydrogens (tertiary/aromatic N) is 2. The lowest BCUT2D eigenvalue weighted by atomic mass is 10.0. The lowest BCUT2D eigenvalue weighted by molar-refractivity contribution is -0.189. The first-order valence-electron chi connectivity index (χ1n) is 9.93. The molecule has 0 bridgehead atoms. The lowest BCUT2D eigenvalue weighted by Gasteiger charge is -2.24. The minimum Gasteiger partial charge on any atom is -0.480 e. The number of sulfone groups is 1. The maximum atomic E-state index is 13.2. The molecule has 4 rings (SSSR count). The highest BCUT2D eigenvalue weighted by molar-refractivity contribution is 7.90. The first-order chi connectivity index (χ1) is 15.5. The fourth-order valence-electron chi connectivity index (χ4n) is 4.11. The zero-order chi connectivity index (χ0) is 25.3. The fraction of sp³-hybridized carbons (Fsp3) is 0.500. The number of ether oxygens (including phenoxy) is 1. The molecule has 3 unspecified atom stereocenters. The van der Waals surface area contributed by atoms with Crippen LogP contribution in [-0.4, -0.2) is 56.0 Å². The second-order valence-electron chi connectivity index (χ2n) is 8.55. The van der Waals surface area contributed by atoms with Crippen molar-refractivity contribution < 1.29 is 48.8 Å². The summed E-state index contributed by atoms with van der Waals surface area (Å²) in [6.07, 6.45) is -10.4. The van der Waals surface area contributed by atoms with Crippen molar-refractivity contribution in [3.8, 4) is 5.75 Å². The Bertz CT molecular complexity index is 1240. The quantitative estimate of drug-likeness (QED) is 0.566.